The van der Waals surface area contributed by atoms with Crippen molar-refractivity contribution in [2.45, 2.75) is 11.0 Å². The Kier molecular flexibility index (Phi) is 3.49. The Morgan fingerprint density at radius 2 is 2.25 bits per heavy atom. The molecule has 0 saturated carbocycles. The van der Waals surface area contributed by atoms with E-state index in [1.807, 2.05) is 18.0 Å². The van der Waals surface area contributed by atoms with E-state index in [-0.39, 0.29) is 6.10 Å². The highest BCUT2D eigenvalue weighted by molar-refractivity contribution is 7.90. The third-order valence-corrected chi connectivity index (χ3v) is 4.81. The van der Waals surface area contributed by atoms with Gasteiger partial charge in [0.2, 0.25) is 0 Å². The second kappa shape index (κ2) is 5.16. The summed E-state index contributed by atoms with van der Waals surface area (Å²) >= 11 is 0. The highest BCUT2D eigenvalue weighted by atomic mass is 32.2. The van der Waals surface area contributed by atoms with Crippen molar-refractivity contribution < 1.29 is 13.2 Å². The van der Waals surface area contributed by atoms with Crippen molar-refractivity contribution in [3.05, 3.63) is 29.8 Å². The Bertz CT molecular complexity index is 640. The number of benzene rings is 1. The second-order valence-corrected chi connectivity index (χ2v) is 6.46. The molecule has 108 valence electrons. The molecule has 20 heavy (non-hydrogen) atoms. The number of sulfonamides is 1. The molecule has 1 aromatic rings. The third kappa shape index (κ3) is 2.32. The first kappa shape index (κ1) is 13.5. The summed E-state index contributed by atoms with van der Waals surface area (Å²) in [4.78, 5) is 2.29. The van der Waals surface area contributed by atoms with Crippen LogP contribution in [0.15, 0.2) is 33.6 Å². The fourth-order valence-corrected chi connectivity index (χ4v) is 3.81. The van der Waals surface area contributed by atoms with Gasteiger partial charge in [0.1, 0.15) is 4.90 Å². The molecule has 0 aliphatic carbocycles. The highest BCUT2D eigenvalue weighted by Gasteiger charge is 2.33. The number of nitrogens with zero attached hydrogens (tertiary/aromatic N) is 2. The Hall–Kier alpha value is -1.44. The van der Waals surface area contributed by atoms with E-state index < -0.39 is 10.0 Å². The molecular weight excluding hydrogens is 278 g/mol. The molecule has 2 heterocycles. The SMILES string of the molecule is CNCC1CN(C2=NS(=O)(=O)c3ccccc32)CCO1. The van der Waals surface area contributed by atoms with E-state index in [2.05, 4.69) is 9.71 Å². The summed E-state index contributed by atoms with van der Waals surface area (Å²) in [6.07, 6.45) is 0.0481. The smallest absolute Gasteiger partial charge is 0.285 e. The number of fused-ring (bicyclic) bond motifs is 1. The summed E-state index contributed by atoms with van der Waals surface area (Å²) in [6, 6.07) is 6.96. The van der Waals surface area contributed by atoms with Gasteiger partial charge in [-0.2, -0.15) is 8.42 Å². The number of nitrogens with one attached hydrogen (secondary N) is 1. The van der Waals surface area contributed by atoms with Crippen LogP contribution in [0.4, 0.5) is 0 Å². The van der Waals surface area contributed by atoms with Gasteiger partial charge in [0, 0.05) is 25.2 Å². The average molecular weight is 295 g/mol. The number of hydrogen-bond acceptors (Lipinski definition) is 5. The third-order valence-electron chi connectivity index (χ3n) is 3.48. The molecule has 1 atom stereocenters. The molecule has 3 rings (SSSR count). The van der Waals surface area contributed by atoms with Crippen molar-refractivity contribution in [1.29, 1.82) is 0 Å². The summed E-state index contributed by atoms with van der Waals surface area (Å²) in [5.74, 6) is 0.546. The van der Waals surface area contributed by atoms with Gasteiger partial charge in [-0.3, -0.25) is 0 Å². The van der Waals surface area contributed by atoms with Crippen LogP contribution >= 0.6 is 0 Å². The monoisotopic (exact) mass is 295 g/mol. The van der Waals surface area contributed by atoms with E-state index in [9.17, 15) is 8.42 Å². The zero-order valence-electron chi connectivity index (χ0n) is 11.2. The highest BCUT2D eigenvalue weighted by Crippen LogP contribution is 2.28. The number of rotatable bonds is 2. The molecule has 1 fully saturated rings. The summed E-state index contributed by atoms with van der Waals surface area (Å²) in [5, 5.41) is 3.07. The largest absolute Gasteiger partial charge is 0.373 e. The molecule has 0 bridgehead atoms. The first-order valence-electron chi connectivity index (χ1n) is 6.57. The number of likely N-dealkylation sites (N-methyl/N-ethyl adjacent to an activating group) is 1. The lowest BCUT2D eigenvalue weighted by atomic mass is 10.1. The number of hydrogen-bond donors (Lipinski definition) is 1. The first-order valence-corrected chi connectivity index (χ1v) is 8.01. The standard InChI is InChI=1S/C13H17N3O3S/c1-14-8-10-9-16(6-7-19-10)13-11-4-2-3-5-12(11)20(17,18)15-13/h2-5,10,14H,6-9H2,1H3. The van der Waals surface area contributed by atoms with Crippen molar-refractivity contribution in [3.8, 4) is 0 Å². The van der Waals surface area contributed by atoms with Crippen LogP contribution in [0.2, 0.25) is 0 Å². The van der Waals surface area contributed by atoms with E-state index in [1.54, 1.807) is 18.2 Å². The Morgan fingerprint density at radius 1 is 1.45 bits per heavy atom. The molecule has 1 saturated heterocycles. The van der Waals surface area contributed by atoms with Gasteiger partial charge >= 0.3 is 0 Å². The van der Waals surface area contributed by atoms with E-state index in [0.717, 1.165) is 6.54 Å². The summed E-state index contributed by atoms with van der Waals surface area (Å²) < 4.78 is 33.7. The minimum atomic E-state index is -3.54. The van der Waals surface area contributed by atoms with Gasteiger partial charge in [0.25, 0.3) is 10.0 Å². The van der Waals surface area contributed by atoms with Gasteiger partial charge in [0.05, 0.1) is 12.7 Å². The predicted molar refractivity (Wildman–Crippen MR) is 75.4 cm³/mol. The fraction of sp³-hybridized carbons (Fsp3) is 0.462. The second-order valence-electron chi connectivity index (χ2n) is 4.88. The van der Waals surface area contributed by atoms with E-state index >= 15 is 0 Å². The van der Waals surface area contributed by atoms with E-state index in [1.165, 1.54) is 0 Å². The molecule has 0 amide bonds. The van der Waals surface area contributed by atoms with E-state index in [4.69, 9.17) is 4.74 Å². The maximum Gasteiger partial charge on any atom is 0.285 e. The van der Waals surface area contributed by atoms with Crippen molar-refractivity contribution in [3.63, 3.8) is 0 Å². The number of ether oxygens (including phenoxy) is 1. The molecule has 2 aliphatic heterocycles. The molecule has 1 unspecified atom stereocenters. The molecule has 1 aromatic carbocycles. The zero-order valence-corrected chi connectivity index (χ0v) is 12.1. The minimum absolute atomic E-state index is 0.0481. The van der Waals surface area contributed by atoms with Gasteiger partial charge in [0.15, 0.2) is 5.84 Å². The van der Waals surface area contributed by atoms with Gasteiger partial charge in [-0.25, -0.2) is 0 Å². The first-order chi connectivity index (χ1) is 9.62. The number of morpholine rings is 1. The molecule has 0 aromatic heterocycles. The van der Waals surface area contributed by atoms with Gasteiger partial charge in [-0.05, 0) is 19.2 Å². The van der Waals surface area contributed by atoms with Crippen molar-refractivity contribution in [1.82, 2.24) is 10.2 Å². The quantitative estimate of drug-likeness (QED) is 0.835. The van der Waals surface area contributed by atoms with Gasteiger partial charge in [-0.15, -0.1) is 4.40 Å². The normalized spacial score (nSPS) is 24.4. The lowest BCUT2D eigenvalue weighted by molar-refractivity contribution is -0.00316. The number of amidine groups is 1. The van der Waals surface area contributed by atoms with E-state index in [0.29, 0.717) is 36.0 Å². The van der Waals surface area contributed by atoms with Crippen LogP contribution in [-0.2, 0) is 14.8 Å². The lowest BCUT2D eigenvalue weighted by Gasteiger charge is -2.34. The molecule has 6 nitrogen and oxygen atoms in total. The summed E-state index contributed by atoms with van der Waals surface area (Å²) in [5.41, 5.74) is 0.692. The van der Waals surface area contributed by atoms with Crippen molar-refractivity contribution in [2.75, 3.05) is 33.3 Å². The summed E-state index contributed by atoms with van der Waals surface area (Å²) in [7, 11) is -1.67. The van der Waals surface area contributed by atoms with Crippen LogP contribution in [0.1, 0.15) is 5.56 Å². The van der Waals surface area contributed by atoms with Crippen LogP contribution in [0.25, 0.3) is 0 Å². The maximum absolute atomic E-state index is 12.1. The van der Waals surface area contributed by atoms with Crippen LogP contribution in [0, 0.1) is 0 Å². The molecular formula is C13H17N3O3S. The Balaban J connectivity index is 1.91. The summed E-state index contributed by atoms with van der Waals surface area (Å²) in [6.45, 7) is 2.61. The van der Waals surface area contributed by atoms with Crippen LogP contribution in [0.3, 0.4) is 0 Å². The molecule has 2 aliphatic rings. The molecule has 1 N–H and O–H groups in total. The van der Waals surface area contributed by atoms with Crippen LogP contribution in [-0.4, -0.2) is 58.5 Å². The maximum atomic E-state index is 12.1. The average Bonchev–Trinajstić information content (AvgIpc) is 2.72. The predicted octanol–water partition coefficient (Wildman–Crippen LogP) is 0.0557. The molecule has 7 heteroatoms. The lowest BCUT2D eigenvalue weighted by Crippen LogP contribution is -2.48. The topological polar surface area (TPSA) is 71.0 Å². The molecule has 0 radical (unpaired) electrons. The van der Waals surface area contributed by atoms with Crippen LogP contribution < -0.4 is 5.32 Å². The zero-order chi connectivity index (χ0) is 14.2. The Morgan fingerprint density at radius 3 is 3.05 bits per heavy atom. The van der Waals surface area contributed by atoms with Crippen molar-refractivity contribution in [2.24, 2.45) is 4.40 Å². The molecule has 0 spiro atoms. The van der Waals surface area contributed by atoms with Crippen LogP contribution in [0.5, 0.6) is 0 Å². The Labute approximate surface area is 118 Å². The van der Waals surface area contributed by atoms with Gasteiger partial charge < -0.3 is 15.0 Å². The van der Waals surface area contributed by atoms with Gasteiger partial charge in [-0.1, -0.05) is 12.1 Å². The fourth-order valence-electron chi connectivity index (χ4n) is 2.58. The van der Waals surface area contributed by atoms with Crippen molar-refractivity contribution >= 4 is 15.9 Å². The minimum Gasteiger partial charge on any atom is -0.373 e.